The molecule has 0 aliphatic heterocycles. The van der Waals surface area contributed by atoms with Gasteiger partial charge in [-0.25, -0.2) is 4.98 Å². The molecule has 0 fully saturated rings. The zero-order chi connectivity index (χ0) is 20.8. The fourth-order valence-corrected chi connectivity index (χ4v) is 3.30. The third kappa shape index (κ3) is 5.27. The Morgan fingerprint density at radius 3 is 2.79 bits per heavy atom. The van der Waals surface area contributed by atoms with Crippen molar-refractivity contribution in [3.05, 3.63) is 77.5 Å². The molecule has 0 aliphatic carbocycles. The molecule has 146 valence electrons. The number of nitriles is 1. The van der Waals surface area contributed by atoms with E-state index in [0.717, 1.165) is 4.90 Å². The van der Waals surface area contributed by atoms with Gasteiger partial charge in [-0.1, -0.05) is 6.07 Å². The van der Waals surface area contributed by atoms with Gasteiger partial charge in [-0.05, 0) is 74.3 Å². The maximum absolute atomic E-state index is 9.01. The number of aromatic nitrogens is 1. The molecule has 29 heavy (non-hydrogen) atoms. The Labute approximate surface area is 174 Å². The highest BCUT2D eigenvalue weighted by atomic mass is 32.2. The molecule has 0 bridgehead atoms. The molecule has 0 aliphatic rings. The largest absolute Gasteiger partial charge is 0.491 e. The van der Waals surface area contributed by atoms with Crippen molar-refractivity contribution in [1.29, 1.82) is 10.7 Å². The molecule has 0 spiro atoms. The minimum Gasteiger partial charge on any atom is -0.491 e. The van der Waals surface area contributed by atoms with Gasteiger partial charge in [-0.2, -0.15) is 5.26 Å². The van der Waals surface area contributed by atoms with Crippen molar-refractivity contribution in [3.63, 3.8) is 0 Å². The molecule has 3 rings (SSSR count). The number of rotatable bonds is 7. The Hall–Kier alpha value is -3.50. The molecule has 4 N–H and O–H groups in total. The minimum absolute atomic E-state index is 0.0361. The molecule has 0 saturated carbocycles. The summed E-state index contributed by atoms with van der Waals surface area (Å²) in [6, 6.07) is 18.3. The lowest BCUT2D eigenvalue weighted by atomic mass is 10.0. The van der Waals surface area contributed by atoms with E-state index in [2.05, 4.69) is 15.8 Å². The summed E-state index contributed by atoms with van der Waals surface area (Å²) in [5.74, 6) is 1.28. The van der Waals surface area contributed by atoms with E-state index in [-0.39, 0.29) is 6.10 Å². The normalized spacial score (nSPS) is 10.4. The summed E-state index contributed by atoms with van der Waals surface area (Å²) in [4.78, 5) is 5.20. The standard InChI is InChI=1S/C22H21N5OS/c1-14(2)28-17-6-7-20(24)19(12-17)22(25)16-8-9-26-21(11-16)27-29-18-5-3-4-15(10-18)13-23/h3-12,14,25H,24H2,1-2H3,(H,26,27). The van der Waals surface area contributed by atoms with E-state index in [4.69, 9.17) is 21.1 Å². The van der Waals surface area contributed by atoms with Crippen molar-refractivity contribution in [2.24, 2.45) is 0 Å². The third-order valence-electron chi connectivity index (χ3n) is 3.95. The van der Waals surface area contributed by atoms with Crippen molar-refractivity contribution in [3.8, 4) is 11.8 Å². The van der Waals surface area contributed by atoms with E-state index in [9.17, 15) is 0 Å². The van der Waals surface area contributed by atoms with Gasteiger partial charge >= 0.3 is 0 Å². The number of nitrogens with two attached hydrogens (primary N) is 1. The summed E-state index contributed by atoms with van der Waals surface area (Å²) < 4.78 is 8.88. The van der Waals surface area contributed by atoms with E-state index in [1.54, 1.807) is 48.7 Å². The van der Waals surface area contributed by atoms with E-state index in [1.165, 1.54) is 11.9 Å². The first-order valence-corrected chi connectivity index (χ1v) is 9.82. The molecule has 0 radical (unpaired) electrons. The maximum atomic E-state index is 9.01. The van der Waals surface area contributed by atoms with E-state index < -0.39 is 0 Å². The van der Waals surface area contributed by atoms with Gasteiger partial charge in [0.1, 0.15) is 11.6 Å². The van der Waals surface area contributed by atoms with Gasteiger partial charge in [0, 0.05) is 27.9 Å². The second-order valence-corrected chi connectivity index (χ2v) is 7.44. The van der Waals surface area contributed by atoms with E-state index in [0.29, 0.717) is 39.7 Å². The molecule has 0 atom stereocenters. The second kappa shape index (κ2) is 9.13. The molecule has 1 aromatic heterocycles. The van der Waals surface area contributed by atoms with Crippen molar-refractivity contribution < 1.29 is 4.74 Å². The highest BCUT2D eigenvalue weighted by Crippen LogP contribution is 2.25. The van der Waals surface area contributed by atoms with Crippen LogP contribution in [0.25, 0.3) is 0 Å². The van der Waals surface area contributed by atoms with Crippen LogP contribution in [-0.4, -0.2) is 16.8 Å². The average Bonchev–Trinajstić information content (AvgIpc) is 2.73. The summed E-state index contributed by atoms with van der Waals surface area (Å²) in [6.45, 7) is 3.90. The average molecular weight is 404 g/mol. The van der Waals surface area contributed by atoms with Gasteiger partial charge in [-0.15, -0.1) is 0 Å². The monoisotopic (exact) mass is 403 g/mol. The first-order valence-electron chi connectivity index (χ1n) is 9.01. The Kier molecular flexibility index (Phi) is 6.37. The SMILES string of the molecule is CC(C)Oc1ccc(N)c(C(=N)c2ccnc(NSc3cccc(C#N)c3)c2)c1. The Balaban J connectivity index is 1.78. The fourth-order valence-electron chi connectivity index (χ4n) is 2.64. The molecule has 1 heterocycles. The molecular formula is C22H21N5OS. The molecule has 0 amide bonds. The van der Waals surface area contributed by atoms with Crippen LogP contribution in [0, 0.1) is 16.7 Å². The van der Waals surface area contributed by atoms with Gasteiger partial charge in [0.15, 0.2) is 0 Å². The Bertz CT molecular complexity index is 1070. The smallest absolute Gasteiger partial charge is 0.136 e. The lowest BCUT2D eigenvalue weighted by Gasteiger charge is -2.14. The van der Waals surface area contributed by atoms with Crippen LogP contribution in [0.2, 0.25) is 0 Å². The quantitative estimate of drug-likeness (QED) is 0.295. The zero-order valence-corrected chi connectivity index (χ0v) is 17.0. The summed E-state index contributed by atoms with van der Waals surface area (Å²) in [5.41, 5.74) is 8.79. The van der Waals surface area contributed by atoms with Gasteiger partial charge in [-0.3, -0.25) is 5.41 Å². The molecule has 2 aromatic carbocycles. The minimum atomic E-state index is 0.0361. The van der Waals surface area contributed by atoms with E-state index in [1.807, 2.05) is 26.0 Å². The number of nitrogens with zero attached hydrogens (tertiary/aromatic N) is 2. The number of hydrogen-bond acceptors (Lipinski definition) is 7. The van der Waals surface area contributed by atoms with Gasteiger partial charge < -0.3 is 15.2 Å². The van der Waals surface area contributed by atoms with Crippen LogP contribution in [0.15, 0.2) is 65.7 Å². The van der Waals surface area contributed by atoms with Crippen LogP contribution in [0.4, 0.5) is 11.5 Å². The number of ether oxygens (including phenoxy) is 1. The van der Waals surface area contributed by atoms with Crippen molar-refractivity contribution in [2.75, 3.05) is 10.5 Å². The number of hydrogen-bond donors (Lipinski definition) is 3. The molecule has 0 unspecified atom stereocenters. The third-order valence-corrected chi connectivity index (χ3v) is 4.75. The molecule has 6 nitrogen and oxygen atoms in total. The number of anilines is 2. The highest BCUT2D eigenvalue weighted by Gasteiger charge is 2.12. The lowest BCUT2D eigenvalue weighted by Crippen LogP contribution is -2.09. The Morgan fingerprint density at radius 1 is 1.21 bits per heavy atom. The summed E-state index contributed by atoms with van der Waals surface area (Å²) in [6.07, 6.45) is 1.68. The van der Waals surface area contributed by atoms with Crippen LogP contribution in [-0.2, 0) is 0 Å². The number of nitrogen functional groups attached to an aromatic ring is 1. The first-order chi connectivity index (χ1) is 14.0. The summed E-state index contributed by atoms with van der Waals surface area (Å²) >= 11 is 1.35. The molecular weight excluding hydrogens is 382 g/mol. The highest BCUT2D eigenvalue weighted by molar-refractivity contribution is 8.00. The van der Waals surface area contributed by atoms with Crippen LogP contribution < -0.4 is 15.2 Å². The Morgan fingerprint density at radius 2 is 2.03 bits per heavy atom. The van der Waals surface area contributed by atoms with Crippen LogP contribution >= 0.6 is 11.9 Å². The molecule has 7 heteroatoms. The molecule has 3 aromatic rings. The van der Waals surface area contributed by atoms with Crippen molar-refractivity contribution in [2.45, 2.75) is 24.8 Å². The number of benzene rings is 2. The number of pyridine rings is 1. The second-order valence-electron chi connectivity index (χ2n) is 6.56. The van der Waals surface area contributed by atoms with Crippen LogP contribution in [0.5, 0.6) is 5.75 Å². The van der Waals surface area contributed by atoms with Crippen LogP contribution in [0.3, 0.4) is 0 Å². The van der Waals surface area contributed by atoms with Crippen molar-refractivity contribution in [1.82, 2.24) is 4.98 Å². The zero-order valence-electron chi connectivity index (χ0n) is 16.1. The van der Waals surface area contributed by atoms with Gasteiger partial charge in [0.2, 0.25) is 0 Å². The van der Waals surface area contributed by atoms with E-state index >= 15 is 0 Å². The van der Waals surface area contributed by atoms with Gasteiger partial charge in [0.25, 0.3) is 0 Å². The number of nitrogens with one attached hydrogen (secondary N) is 2. The summed E-state index contributed by atoms with van der Waals surface area (Å²) in [5, 5.41) is 17.6. The predicted molar refractivity (Wildman–Crippen MR) is 117 cm³/mol. The van der Waals surface area contributed by atoms with Gasteiger partial charge in [0.05, 0.1) is 23.4 Å². The van der Waals surface area contributed by atoms with Crippen molar-refractivity contribution >= 4 is 29.2 Å². The summed E-state index contributed by atoms with van der Waals surface area (Å²) in [7, 11) is 0. The fraction of sp³-hybridized carbons (Fsp3) is 0.136. The predicted octanol–water partition coefficient (Wildman–Crippen LogP) is 4.86. The van der Waals surface area contributed by atoms with Crippen LogP contribution in [0.1, 0.15) is 30.5 Å². The molecule has 0 saturated heterocycles. The first kappa shape index (κ1) is 20.2. The lowest BCUT2D eigenvalue weighted by molar-refractivity contribution is 0.242. The maximum Gasteiger partial charge on any atom is 0.136 e. The topological polar surface area (TPSA) is 108 Å².